The van der Waals surface area contributed by atoms with E-state index in [4.69, 9.17) is 25.7 Å². The van der Waals surface area contributed by atoms with E-state index in [0.29, 0.717) is 31.8 Å². The summed E-state index contributed by atoms with van der Waals surface area (Å²) >= 11 is 0. The lowest BCUT2D eigenvalue weighted by atomic mass is 9.65. The van der Waals surface area contributed by atoms with Gasteiger partial charge in [0.25, 0.3) is 0 Å². The van der Waals surface area contributed by atoms with Gasteiger partial charge in [-0.2, -0.15) is 0 Å². The van der Waals surface area contributed by atoms with Crippen molar-refractivity contribution >= 4 is 6.09 Å². The smallest absolute Gasteiger partial charge is 0.407 e. The summed E-state index contributed by atoms with van der Waals surface area (Å²) in [5.41, 5.74) is 11.6. The highest BCUT2D eigenvalue weighted by Crippen LogP contribution is 2.53. The molecule has 1 saturated heterocycles. The topological polar surface area (TPSA) is 141 Å². The Bertz CT molecular complexity index is 818. The second kappa shape index (κ2) is 12.5. The van der Waals surface area contributed by atoms with Gasteiger partial charge in [0.2, 0.25) is 0 Å². The molecule has 0 aromatic carbocycles. The molecule has 1 amide bonds. The lowest BCUT2D eigenvalue weighted by Gasteiger charge is -2.48. The molecule has 4 aliphatic rings. The van der Waals surface area contributed by atoms with E-state index in [1.165, 1.54) is 5.57 Å². The normalized spacial score (nSPS) is 43.2. The van der Waals surface area contributed by atoms with Crippen molar-refractivity contribution in [3.63, 3.8) is 0 Å². The van der Waals surface area contributed by atoms with E-state index in [2.05, 4.69) is 30.6 Å². The Kier molecular flexibility index (Phi) is 9.80. The summed E-state index contributed by atoms with van der Waals surface area (Å²) in [5.74, 6) is -0.354. The number of hydrogen-bond acceptors (Lipinski definition) is 8. The van der Waals surface area contributed by atoms with Crippen LogP contribution in [0.2, 0.25) is 0 Å². The summed E-state index contributed by atoms with van der Waals surface area (Å²) in [4.78, 5) is 12.9. The number of carbonyl (C=O) groups is 1. The monoisotopic (exact) mass is 536 g/mol. The second-order valence-corrected chi connectivity index (χ2v) is 12.8. The lowest BCUT2D eigenvalue weighted by Crippen LogP contribution is -2.63. The molecule has 6 atom stereocenters. The van der Waals surface area contributed by atoms with E-state index in [1.54, 1.807) is 7.11 Å². The number of nitrogens with two attached hydrogens (primary N) is 2. The molecule has 3 saturated carbocycles. The number of aliphatic hydroxyl groups is 1. The molecule has 0 aromatic heterocycles. The SMILES string of the molecule is COC1C(OC(=O)NC2CCC(N)CC2)CCC2(CNC3CCC(N)CC3)OC(CC=C(C)C)C(C)(O)C12. The number of nitrogens with one attached hydrogen (secondary N) is 2. The van der Waals surface area contributed by atoms with Gasteiger partial charge in [-0.25, -0.2) is 4.79 Å². The summed E-state index contributed by atoms with van der Waals surface area (Å²) < 4.78 is 18.9. The molecule has 0 bridgehead atoms. The highest BCUT2D eigenvalue weighted by molar-refractivity contribution is 5.68. The Morgan fingerprint density at radius 3 is 2.21 bits per heavy atom. The van der Waals surface area contributed by atoms with Gasteiger partial charge in [0, 0.05) is 37.8 Å². The molecule has 9 heteroatoms. The number of hydrogen-bond donors (Lipinski definition) is 5. The van der Waals surface area contributed by atoms with Gasteiger partial charge < -0.3 is 41.4 Å². The Balaban J connectivity index is 1.49. The zero-order valence-electron chi connectivity index (χ0n) is 23.9. The number of alkyl carbamates (subject to hydrolysis) is 1. The number of carbonyl (C=O) groups excluding carboxylic acids is 1. The average molecular weight is 537 g/mol. The molecular weight excluding hydrogens is 484 g/mol. The molecule has 3 aliphatic carbocycles. The number of ether oxygens (including phenoxy) is 3. The minimum Gasteiger partial charge on any atom is -0.443 e. The molecule has 4 rings (SSSR count). The van der Waals surface area contributed by atoms with Crippen molar-refractivity contribution in [3.8, 4) is 0 Å². The van der Waals surface area contributed by atoms with Gasteiger partial charge in [-0.05, 0) is 91.4 Å². The van der Waals surface area contributed by atoms with Crippen LogP contribution in [0.4, 0.5) is 4.79 Å². The van der Waals surface area contributed by atoms with Crippen LogP contribution >= 0.6 is 0 Å². The quantitative estimate of drug-likeness (QED) is 0.298. The Morgan fingerprint density at radius 2 is 1.63 bits per heavy atom. The molecule has 1 aliphatic heterocycles. The van der Waals surface area contributed by atoms with Crippen molar-refractivity contribution in [3.05, 3.63) is 11.6 Å². The number of allylic oxidation sites excluding steroid dienone is 1. The van der Waals surface area contributed by atoms with Crippen LogP contribution in [0, 0.1) is 5.92 Å². The minimum absolute atomic E-state index is 0.0881. The minimum atomic E-state index is -1.15. The van der Waals surface area contributed by atoms with Crippen LogP contribution in [-0.4, -0.2) is 78.5 Å². The fourth-order valence-corrected chi connectivity index (χ4v) is 7.35. The zero-order valence-corrected chi connectivity index (χ0v) is 23.9. The maximum Gasteiger partial charge on any atom is 0.407 e. The van der Waals surface area contributed by atoms with Crippen LogP contribution in [0.15, 0.2) is 11.6 Å². The second-order valence-electron chi connectivity index (χ2n) is 12.8. The van der Waals surface area contributed by atoms with E-state index < -0.39 is 29.5 Å². The van der Waals surface area contributed by atoms with E-state index in [9.17, 15) is 9.90 Å². The third-order valence-electron chi connectivity index (χ3n) is 9.60. The average Bonchev–Trinajstić information content (AvgIpc) is 3.10. The maximum absolute atomic E-state index is 12.9. The number of rotatable bonds is 8. The maximum atomic E-state index is 12.9. The van der Waals surface area contributed by atoms with Gasteiger partial charge in [-0.3, -0.25) is 0 Å². The molecule has 4 fully saturated rings. The Morgan fingerprint density at radius 1 is 1.03 bits per heavy atom. The Labute approximate surface area is 228 Å². The largest absolute Gasteiger partial charge is 0.443 e. The first kappa shape index (κ1) is 29.7. The number of amides is 1. The van der Waals surface area contributed by atoms with Gasteiger partial charge in [0.15, 0.2) is 0 Å². The highest BCUT2D eigenvalue weighted by Gasteiger charge is 2.66. The first-order chi connectivity index (χ1) is 18.0. The summed E-state index contributed by atoms with van der Waals surface area (Å²) in [6, 6.07) is 0.985. The molecule has 6 unspecified atom stereocenters. The summed E-state index contributed by atoms with van der Waals surface area (Å²) in [6.07, 6.45) is 9.99. The van der Waals surface area contributed by atoms with Gasteiger partial charge >= 0.3 is 6.09 Å². The van der Waals surface area contributed by atoms with Crippen LogP contribution in [0.5, 0.6) is 0 Å². The number of fused-ring (bicyclic) bond motifs is 1. The van der Waals surface area contributed by atoms with Gasteiger partial charge in [0.1, 0.15) is 12.2 Å². The van der Waals surface area contributed by atoms with Crippen LogP contribution in [0.25, 0.3) is 0 Å². The first-order valence-electron chi connectivity index (χ1n) is 14.8. The fraction of sp³-hybridized carbons (Fsp3) is 0.897. The Hall–Kier alpha value is -1.23. The molecule has 0 spiro atoms. The van der Waals surface area contributed by atoms with Crippen LogP contribution in [0.1, 0.15) is 91.4 Å². The molecular formula is C29H52N4O5. The molecule has 1 heterocycles. The van der Waals surface area contributed by atoms with E-state index in [0.717, 1.165) is 51.4 Å². The summed E-state index contributed by atoms with van der Waals surface area (Å²) in [7, 11) is 1.65. The molecule has 218 valence electrons. The van der Waals surface area contributed by atoms with Crippen molar-refractivity contribution < 1.29 is 24.1 Å². The highest BCUT2D eigenvalue weighted by atomic mass is 16.6. The standard InChI is InChI=1S/C29H52N4O5/c1-18(2)5-14-24-28(3,35)26-25(36-4)23(37-27(34)33-22-12-8-20(31)9-13-22)15-16-29(26,38-24)17-32-21-10-6-19(30)7-11-21/h5,19-26,32,35H,6-17,30-31H2,1-4H3,(H,33,34). The third kappa shape index (κ3) is 6.73. The van der Waals surface area contributed by atoms with Gasteiger partial charge in [0.05, 0.1) is 23.2 Å². The van der Waals surface area contributed by atoms with Crippen molar-refractivity contribution in [1.82, 2.24) is 10.6 Å². The van der Waals surface area contributed by atoms with Crippen LogP contribution < -0.4 is 22.1 Å². The predicted molar refractivity (Wildman–Crippen MR) is 148 cm³/mol. The van der Waals surface area contributed by atoms with E-state index in [1.807, 2.05) is 6.92 Å². The fourth-order valence-electron chi connectivity index (χ4n) is 7.35. The van der Waals surface area contributed by atoms with Crippen molar-refractivity contribution in [2.75, 3.05) is 13.7 Å². The molecule has 0 radical (unpaired) electrons. The summed E-state index contributed by atoms with van der Waals surface area (Å²) in [5, 5.41) is 18.8. The molecule has 9 nitrogen and oxygen atoms in total. The van der Waals surface area contributed by atoms with Crippen molar-refractivity contribution in [1.29, 1.82) is 0 Å². The third-order valence-corrected chi connectivity index (χ3v) is 9.60. The van der Waals surface area contributed by atoms with Gasteiger partial charge in [-0.1, -0.05) is 11.6 Å². The van der Waals surface area contributed by atoms with Crippen molar-refractivity contribution in [2.45, 2.75) is 145 Å². The zero-order chi connectivity index (χ0) is 27.5. The summed E-state index contributed by atoms with van der Waals surface area (Å²) in [6.45, 7) is 6.60. The number of methoxy groups -OCH3 is 1. The van der Waals surface area contributed by atoms with Gasteiger partial charge in [-0.15, -0.1) is 0 Å². The van der Waals surface area contributed by atoms with E-state index >= 15 is 0 Å². The van der Waals surface area contributed by atoms with Crippen molar-refractivity contribution in [2.24, 2.45) is 17.4 Å². The van der Waals surface area contributed by atoms with Crippen LogP contribution in [0.3, 0.4) is 0 Å². The molecule has 7 N–H and O–H groups in total. The molecule has 0 aromatic rings. The van der Waals surface area contributed by atoms with Crippen LogP contribution in [-0.2, 0) is 14.2 Å². The predicted octanol–water partition coefficient (Wildman–Crippen LogP) is 2.88. The first-order valence-corrected chi connectivity index (χ1v) is 14.8. The van der Waals surface area contributed by atoms with E-state index in [-0.39, 0.29) is 30.1 Å². The molecule has 38 heavy (non-hydrogen) atoms. The lowest BCUT2D eigenvalue weighted by molar-refractivity contribution is -0.163.